The Morgan fingerprint density at radius 2 is 2.00 bits per heavy atom. The van der Waals surface area contributed by atoms with E-state index in [-0.39, 0.29) is 5.41 Å². The number of halogens is 1. The summed E-state index contributed by atoms with van der Waals surface area (Å²) in [5, 5.41) is 0.839. The lowest BCUT2D eigenvalue weighted by Gasteiger charge is -2.40. The number of alkyl halides is 1. The maximum Gasteiger partial charge on any atom is 0.150 e. The third-order valence-corrected chi connectivity index (χ3v) is 6.19. The van der Waals surface area contributed by atoms with Crippen LogP contribution in [0, 0.1) is 5.41 Å². The summed E-state index contributed by atoms with van der Waals surface area (Å²) in [6.07, 6.45) is 5.10. The molecule has 4 heteroatoms. The highest BCUT2D eigenvalue weighted by molar-refractivity contribution is 9.09. The molecule has 0 aromatic rings. The van der Waals surface area contributed by atoms with Crippen LogP contribution in [0.5, 0.6) is 0 Å². The van der Waals surface area contributed by atoms with E-state index in [2.05, 4.69) is 15.9 Å². The van der Waals surface area contributed by atoms with E-state index < -0.39 is 9.84 Å². The summed E-state index contributed by atoms with van der Waals surface area (Å²) < 4.78 is 23.5. The summed E-state index contributed by atoms with van der Waals surface area (Å²) in [4.78, 5) is 0. The number of sulfone groups is 1. The van der Waals surface area contributed by atoms with Crippen molar-refractivity contribution in [3.8, 4) is 0 Å². The molecule has 1 aliphatic carbocycles. The molecule has 0 spiro atoms. The highest BCUT2D eigenvalue weighted by Crippen LogP contribution is 2.43. The van der Waals surface area contributed by atoms with Gasteiger partial charge < -0.3 is 0 Å². The number of hydrogen-bond donors (Lipinski definition) is 0. The molecule has 84 valence electrons. The van der Waals surface area contributed by atoms with Crippen molar-refractivity contribution in [1.82, 2.24) is 0 Å². The molecule has 0 bridgehead atoms. The topological polar surface area (TPSA) is 34.1 Å². The van der Waals surface area contributed by atoms with E-state index in [9.17, 15) is 8.42 Å². The third kappa shape index (κ3) is 3.23. The van der Waals surface area contributed by atoms with E-state index >= 15 is 0 Å². The molecule has 0 atom stereocenters. The zero-order chi connectivity index (χ0) is 10.7. The Bertz CT molecular complexity index is 262. The molecule has 0 radical (unpaired) electrons. The minimum absolute atomic E-state index is 0.0760. The molecule has 0 heterocycles. The number of unbranched alkanes of at least 4 members (excludes halogenated alkanes) is 1. The molecule has 0 aliphatic heterocycles. The maximum atomic E-state index is 11.7. The van der Waals surface area contributed by atoms with Crippen molar-refractivity contribution < 1.29 is 8.42 Å². The van der Waals surface area contributed by atoms with Gasteiger partial charge in [0.1, 0.15) is 0 Å². The summed E-state index contributed by atoms with van der Waals surface area (Å²) in [6, 6.07) is 0. The second-order valence-electron chi connectivity index (χ2n) is 4.43. The minimum atomic E-state index is -2.80. The van der Waals surface area contributed by atoms with Gasteiger partial charge in [-0.1, -0.05) is 35.7 Å². The van der Waals surface area contributed by atoms with Crippen LogP contribution < -0.4 is 0 Å². The van der Waals surface area contributed by atoms with Gasteiger partial charge in [0.2, 0.25) is 0 Å². The Morgan fingerprint density at radius 3 is 2.36 bits per heavy atom. The molecule has 14 heavy (non-hydrogen) atoms. The van der Waals surface area contributed by atoms with E-state index in [1.807, 2.05) is 6.92 Å². The van der Waals surface area contributed by atoms with Crippen LogP contribution in [0.1, 0.15) is 39.0 Å². The van der Waals surface area contributed by atoms with Crippen molar-refractivity contribution in [1.29, 1.82) is 0 Å². The van der Waals surface area contributed by atoms with Gasteiger partial charge in [0, 0.05) is 5.33 Å². The van der Waals surface area contributed by atoms with Crippen molar-refractivity contribution in [2.45, 2.75) is 39.0 Å². The van der Waals surface area contributed by atoms with Crippen LogP contribution in [-0.2, 0) is 9.84 Å². The van der Waals surface area contributed by atoms with Crippen LogP contribution in [0.3, 0.4) is 0 Å². The van der Waals surface area contributed by atoms with Crippen LogP contribution in [0.15, 0.2) is 0 Å². The standard InChI is InChI=1S/C10H19BrO2S/c1-2-3-7-14(12,13)9-10(8-11)5-4-6-10/h2-9H2,1H3. The van der Waals surface area contributed by atoms with Crippen molar-refractivity contribution in [2.75, 3.05) is 16.8 Å². The zero-order valence-corrected chi connectivity index (χ0v) is 11.2. The lowest BCUT2D eigenvalue weighted by atomic mass is 9.72. The number of rotatable bonds is 6. The highest BCUT2D eigenvalue weighted by Gasteiger charge is 2.39. The van der Waals surface area contributed by atoms with Crippen LogP contribution in [0.25, 0.3) is 0 Å². The molecule has 0 amide bonds. The molecule has 1 fully saturated rings. The Balaban J connectivity index is 2.49. The minimum Gasteiger partial charge on any atom is -0.229 e. The van der Waals surface area contributed by atoms with Crippen molar-refractivity contribution >= 4 is 25.8 Å². The van der Waals surface area contributed by atoms with E-state index in [0.29, 0.717) is 11.5 Å². The average molecular weight is 283 g/mol. The molecular weight excluding hydrogens is 264 g/mol. The first-order valence-electron chi connectivity index (χ1n) is 5.30. The molecule has 0 N–H and O–H groups in total. The average Bonchev–Trinajstić information content (AvgIpc) is 2.08. The molecule has 0 unspecified atom stereocenters. The second-order valence-corrected chi connectivity index (χ2v) is 7.18. The molecule has 2 nitrogen and oxygen atoms in total. The van der Waals surface area contributed by atoms with Gasteiger partial charge in [-0.3, -0.25) is 0 Å². The Kier molecular flexibility index (Phi) is 4.44. The molecule has 0 aromatic heterocycles. The van der Waals surface area contributed by atoms with Crippen molar-refractivity contribution in [3.05, 3.63) is 0 Å². The smallest absolute Gasteiger partial charge is 0.150 e. The Hall–Kier alpha value is 0.430. The Labute approximate surface area is 95.5 Å². The van der Waals surface area contributed by atoms with E-state index in [1.165, 1.54) is 6.42 Å². The van der Waals surface area contributed by atoms with Crippen LogP contribution in [0.2, 0.25) is 0 Å². The van der Waals surface area contributed by atoms with Crippen LogP contribution >= 0.6 is 15.9 Å². The molecular formula is C10H19BrO2S. The third-order valence-electron chi connectivity index (χ3n) is 3.03. The Morgan fingerprint density at radius 1 is 1.36 bits per heavy atom. The van der Waals surface area contributed by atoms with Gasteiger partial charge >= 0.3 is 0 Å². The van der Waals surface area contributed by atoms with Gasteiger partial charge in [-0.15, -0.1) is 0 Å². The number of hydrogen-bond acceptors (Lipinski definition) is 2. The fourth-order valence-electron chi connectivity index (χ4n) is 1.90. The highest BCUT2D eigenvalue weighted by atomic mass is 79.9. The van der Waals surface area contributed by atoms with Gasteiger partial charge in [-0.05, 0) is 24.7 Å². The second kappa shape index (κ2) is 4.97. The van der Waals surface area contributed by atoms with Crippen LogP contribution in [-0.4, -0.2) is 25.3 Å². The predicted octanol–water partition coefficient (Wildman–Crippen LogP) is 2.77. The van der Waals surface area contributed by atoms with Crippen LogP contribution in [0.4, 0.5) is 0 Å². The van der Waals surface area contributed by atoms with Crippen molar-refractivity contribution in [2.24, 2.45) is 5.41 Å². The van der Waals surface area contributed by atoms with E-state index in [4.69, 9.17) is 0 Å². The van der Waals surface area contributed by atoms with Gasteiger partial charge in [0.05, 0.1) is 11.5 Å². The summed E-state index contributed by atoms with van der Waals surface area (Å²) in [5.41, 5.74) is 0.0760. The largest absolute Gasteiger partial charge is 0.229 e. The lowest BCUT2D eigenvalue weighted by molar-refractivity contribution is 0.203. The van der Waals surface area contributed by atoms with Gasteiger partial charge in [0.25, 0.3) is 0 Å². The van der Waals surface area contributed by atoms with E-state index in [0.717, 1.165) is 31.0 Å². The molecule has 0 saturated heterocycles. The zero-order valence-electron chi connectivity index (χ0n) is 8.76. The summed E-state index contributed by atoms with van der Waals surface area (Å²) in [7, 11) is -2.80. The molecule has 1 saturated carbocycles. The quantitative estimate of drug-likeness (QED) is 0.702. The SMILES string of the molecule is CCCCS(=O)(=O)CC1(CBr)CCC1. The predicted molar refractivity (Wildman–Crippen MR) is 63.6 cm³/mol. The van der Waals surface area contributed by atoms with Gasteiger partial charge in [-0.25, -0.2) is 8.42 Å². The molecule has 1 aliphatic rings. The normalized spacial score (nSPS) is 20.4. The first-order chi connectivity index (χ1) is 6.54. The maximum absolute atomic E-state index is 11.7. The summed E-state index contributed by atoms with van der Waals surface area (Å²) >= 11 is 3.44. The summed E-state index contributed by atoms with van der Waals surface area (Å²) in [6.45, 7) is 2.03. The molecule has 0 aromatic carbocycles. The first-order valence-corrected chi connectivity index (χ1v) is 8.24. The monoisotopic (exact) mass is 282 g/mol. The fraction of sp³-hybridized carbons (Fsp3) is 1.00. The fourth-order valence-corrected chi connectivity index (χ4v) is 5.11. The van der Waals surface area contributed by atoms with E-state index in [1.54, 1.807) is 0 Å². The first kappa shape index (κ1) is 12.5. The molecule has 1 rings (SSSR count). The summed E-state index contributed by atoms with van der Waals surface area (Å²) in [5.74, 6) is 0.767. The van der Waals surface area contributed by atoms with Gasteiger partial charge in [0.15, 0.2) is 9.84 Å². The van der Waals surface area contributed by atoms with Gasteiger partial charge in [-0.2, -0.15) is 0 Å². The lowest BCUT2D eigenvalue weighted by Crippen LogP contribution is -2.39. The van der Waals surface area contributed by atoms with Crippen molar-refractivity contribution in [3.63, 3.8) is 0 Å².